The summed E-state index contributed by atoms with van der Waals surface area (Å²) in [5.74, 6) is -5.12. The summed E-state index contributed by atoms with van der Waals surface area (Å²) in [5.41, 5.74) is 1.01. The fourth-order valence-corrected chi connectivity index (χ4v) is 3.41. The second-order valence-electron chi connectivity index (χ2n) is 8.39. The Hall–Kier alpha value is -5.65. The third kappa shape index (κ3) is 8.17. The molecule has 0 radical (unpaired) electrons. The number of hydrogen-bond donors (Lipinski definition) is 5. The van der Waals surface area contributed by atoms with Crippen molar-refractivity contribution < 1.29 is 58.9 Å². The molecule has 0 heterocycles. The zero-order chi connectivity index (χ0) is 30.1. The summed E-state index contributed by atoms with van der Waals surface area (Å²) in [6.07, 6.45) is 2.03. The monoisotopic (exact) mass is 566 g/mol. The van der Waals surface area contributed by atoms with Gasteiger partial charge < -0.3 is 44.5 Å². The minimum atomic E-state index is -1.35. The second kappa shape index (κ2) is 13.4. The number of methoxy groups -OCH3 is 2. The molecule has 0 aromatic heterocycles. The van der Waals surface area contributed by atoms with Crippen molar-refractivity contribution in [1.82, 2.24) is 0 Å². The van der Waals surface area contributed by atoms with Gasteiger partial charge in [0.05, 0.1) is 14.2 Å². The third-order valence-electron chi connectivity index (χ3n) is 5.48. The van der Waals surface area contributed by atoms with Gasteiger partial charge in [0.25, 0.3) is 0 Å². The standard InChI is InChI=1S/C29H26O12/c1-38-28(36)25(14-17-4-7-19(30)22(33)11-17)40-24-13-16(3-9-21(24)32)6-10-27(35)41-26(29(37)39-2)15-18-5-8-20(31)23(34)12-18/h3-14,26,30-34H,15H2,1-2H3/t26-/m1/s1. The van der Waals surface area contributed by atoms with Gasteiger partial charge in [0, 0.05) is 12.5 Å². The van der Waals surface area contributed by atoms with Crippen molar-refractivity contribution in [2.45, 2.75) is 12.5 Å². The molecule has 12 nitrogen and oxygen atoms in total. The maximum atomic E-state index is 12.5. The fourth-order valence-electron chi connectivity index (χ4n) is 3.41. The summed E-state index contributed by atoms with van der Waals surface area (Å²) in [4.78, 5) is 36.9. The molecule has 0 saturated carbocycles. The van der Waals surface area contributed by atoms with Crippen LogP contribution in [0.5, 0.6) is 34.5 Å². The first-order valence-corrected chi connectivity index (χ1v) is 11.8. The predicted octanol–water partition coefficient (Wildman–Crippen LogP) is 3.15. The van der Waals surface area contributed by atoms with Crippen LogP contribution < -0.4 is 4.74 Å². The molecule has 0 amide bonds. The summed E-state index contributed by atoms with van der Waals surface area (Å²) in [7, 11) is 2.23. The molecule has 3 aromatic carbocycles. The molecule has 41 heavy (non-hydrogen) atoms. The molecule has 5 N–H and O–H groups in total. The van der Waals surface area contributed by atoms with Gasteiger partial charge in [0.15, 0.2) is 34.5 Å². The number of carbonyl (C=O) groups excluding carboxylic acids is 3. The van der Waals surface area contributed by atoms with Crippen LogP contribution in [0.4, 0.5) is 0 Å². The van der Waals surface area contributed by atoms with Crippen molar-refractivity contribution in [3.8, 4) is 34.5 Å². The maximum absolute atomic E-state index is 12.5. The van der Waals surface area contributed by atoms with Crippen molar-refractivity contribution in [1.29, 1.82) is 0 Å². The van der Waals surface area contributed by atoms with Crippen molar-refractivity contribution in [3.63, 3.8) is 0 Å². The first-order valence-electron chi connectivity index (χ1n) is 11.8. The second-order valence-corrected chi connectivity index (χ2v) is 8.39. The molecule has 214 valence electrons. The lowest BCUT2D eigenvalue weighted by molar-refractivity contribution is -0.162. The molecule has 0 aliphatic rings. The zero-order valence-electron chi connectivity index (χ0n) is 21.8. The molecular weight excluding hydrogens is 540 g/mol. The Labute approximate surface area is 233 Å². The summed E-state index contributed by atoms with van der Waals surface area (Å²) < 4.78 is 20.2. The first kappa shape index (κ1) is 29.9. The van der Waals surface area contributed by atoms with E-state index < -0.39 is 35.5 Å². The number of esters is 3. The van der Waals surface area contributed by atoms with Crippen LogP contribution in [0.25, 0.3) is 12.2 Å². The lowest BCUT2D eigenvalue weighted by Crippen LogP contribution is -2.30. The minimum absolute atomic E-state index is 0.140. The normalized spacial score (nSPS) is 12.0. The fraction of sp³-hybridized carbons (Fsp3) is 0.138. The molecule has 0 fully saturated rings. The van der Waals surface area contributed by atoms with E-state index >= 15 is 0 Å². The molecule has 3 aromatic rings. The molecule has 12 heteroatoms. The number of aromatic hydroxyl groups is 5. The van der Waals surface area contributed by atoms with Crippen LogP contribution in [-0.2, 0) is 35.0 Å². The van der Waals surface area contributed by atoms with Crippen LogP contribution in [-0.4, -0.2) is 63.8 Å². The van der Waals surface area contributed by atoms with E-state index in [1.165, 1.54) is 66.7 Å². The van der Waals surface area contributed by atoms with E-state index in [1.807, 2.05) is 0 Å². The maximum Gasteiger partial charge on any atom is 0.373 e. The quantitative estimate of drug-likeness (QED) is 0.0794. The Bertz CT molecular complexity index is 1510. The van der Waals surface area contributed by atoms with Gasteiger partial charge >= 0.3 is 17.9 Å². The van der Waals surface area contributed by atoms with Crippen molar-refractivity contribution >= 4 is 30.1 Å². The lowest BCUT2D eigenvalue weighted by Gasteiger charge is -2.15. The Morgan fingerprint density at radius 1 is 0.756 bits per heavy atom. The van der Waals surface area contributed by atoms with E-state index in [0.717, 1.165) is 20.3 Å². The summed E-state index contributed by atoms with van der Waals surface area (Å²) >= 11 is 0. The summed E-state index contributed by atoms with van der Waals surface area (Å²) in [6.45, 7) is 0. The number of phenols is 5. The number of hydrogen-bond acceptors (Lipinski definition) is 12. The SMILES string of the molecule is COC(=O)C(=Cc1ccc(O)c(O)c1)Oc1cc(C=CC(=O)O[C@H](Cc2ccc(O)c(O)c2)C(=O)OC)ccc1O. The Morgan fingerprint density at radius 2 is 1.39 bits per heavy atom. The van der Waals surface area contributed by atoms with Gasteiger partial charge in [-0.25, -0.2) is 14.4 Å². The summed E-state index contributed by atoms with van der Waals surface area (Å²) in [6, 6.07) is 11.6. The van der Waals surface area contributed by atoms with Crippen molar-refractivity contribution in [3.05, 3.63) is 83.1 Å². The van der Waals surface area contributed by atoms with Gasteiger partial charge in [-0.15, -0.1) is 0 Å². The highest BCUT2D eigenvalue weighted by Gasteiger charge is 2.24. The smallest absolute Gasteiger partial charge is 0.373 e. The average Bonchev–Trinajstić information content (AvgIpc) is 2.95. The van der Waals surface area contributed by atoms with E-state index in [1.54, 1.807) is 0 Å². The first-order chi connectivity index (χ1) is 19.5. The zero-order valence-corrected chi connectivity index (χ0v) is 21.8. The highest BCUT2D eigenvalue weighted by atomic mass is 16.6. The van der Waals surface area contributed by atoms with E-state index in [9.17, 15) is 39.9 Å². The predicted molar refractivity (Wildman–Crippen MR) is 143 cm³/mol. The highest BCUT2D eigenvalue weighted by molar-refractivity contribution is 5.92. The number of ether oxygens (including phenoxy) is 4. The van der Waals surface area contributed by atoms with Crippen molar-refractivity contribution in [2.75, 3.05) is 14.2 Å². The average molecular weight is 567 g/mol. The van der Waals surface area contributed by atoms with Crippen LogP contribution in [0, 0.1) is 0 Å². The van der Waals surface area contributed by atoms with Crippen LogP contribution >= 0.6 is 0 Å². The Kier molecular flexibility index (Phi) is 9.79. The molecular formula is C29H26O12. The van der Waals surface area contributed by atoms with E-state index in [4.69, 9.17) is 14.2 Å². The van der Waals surface area contributed by atoms with Crippen LogP contribution in [0.15, 0.2) is 66.4 Å². The van der Waals surface area contributed by atoms with Gasteiger partial charge in [0.2, 0.25) is 11.9 Å². The van der Waals surface area contributed by atoms with E-state index in [-0.39, 0.29) is 40.7 Å². The van der Waals surface area contributed by atoms with E-state index in [0.29, 0.717) is 11.1 Å². The molecule has 0 saturated heterocycles. The Balaban J connectivity index is 1.78. The van der Waals surface area contributed by atoms with Gasteiger partial charge in [-0.1, -0.05) is 18.2 Å². The van der Waals surface area contributed by atoms with Gasteiger partial charge in [-0.3, -0.25) is 0 Å². The van der Waals surface area contributed by atoms with Crippen LogP contribution in [0.3, 0.4) is 0 Å². The minimum Gasteiger partial charge on any atom is -0.504 e. The van der Waals surface area contributed by atoms with E-state index in [2.05, 4.69) is 4.74 Å². The molecule has 0 spiro atoms. The van der Waals surface area contributed by atoms with Gasteiger partial charge in [-0.05, 0) is 65.2 Å². The molecule has 0 aliphatic heterocycles. The Morgan fingerprint density at radius 3 is 2.02 bits per heavy atom. The number of rotatable bonds is 10. The van der Waals surface area contributed by atoms with Crippen molar-refractivity contribution in [2.24, 2.45) is 0 Å². The highest BCUT2D eigenvalue weighted by Crippen LogP contribution is 2.31. The third-order valence-corrected chi connectivity index (χ3v) is 5.48. The topological polar surface area (TPSA) is 189 Å². The number of benzene rings is 3. The molecule has 3 rings (SSSR count). The lowest BCUT2D eigenvalue weighted by atomic mass is 10.1. The molecule has 1 atom stereocenters. The molecule has 0 aliphatic carbocycles. The van der Waals surface area contributed by atoms with Gasteiger partial charge in [-0.2, -0.15) is 0 Å². The van der Waals surface area contributed by atoms with Crippen LogP contribution in [0.2, 0.25) is 0 Å². The number of phenolic OH excluding ortho intramolecular Hbond substituents is 5. The molecule has 0 bridgehead atoms. The largest absolute Gasteiger partial charge is 0.504 e. The summed E-state index contributed by atoms with van der Waals surface area (Å²) in [5, 5.41) is 48.6. The van der Waals surface area contributed by atoms with Crippen LogP contribution in [0.1, 0.15) is 16.7 Å². The number of carbonyl (C=O) groups is 3. The molecule has 0 unspecified atom stereocenters. The van der Waals surface area contributed by atoms with Gasteiger partial charge in [0.1, 0.15) is 0 Å².